The van der Waals surface area contributed by atoms with E-state index < -0.39 is 17.6 Å². The first-order chi connectivity index (χ1) is 18.3. The highest BCUT2D eigenvalue weighted by atomic mass is 19.4. The molecule has 0 saturated carbocycles. The van der Waals surface area contributed by atoms with Crippen molar-refractivity contribution in [1.82, 2.24) is 15.3 Å². The molecule has 0 aliphatic rings. The molecule has 4 aromatic carbocycles. The number of anilines is 1. The minimum Gasteiger partial charge on any atom is -0.345 e. The highest BCUT2D eigenvalue weighted by Crippen LogP contribution is 2.32. The molecule has 9 heteroatoms. The van der Waals surface area contributed by atoms with Gasteiger partial charge in [-0.15, -0.1) is 0 Å². The average Bonchev–Trinajstić information content (AvgIpc) is 3.34. The molecule has 1 heterocycles. The number of nitrogens with zero attached hydrogens (tertiary/aromatic N) is 1. The lowest BCUT2D eigenvalue weighted by molar-refractivity contribution is -0.137. The predicted octanol–water partition coefficient (Wildman–Crippen LogP) is 6.43. The Hall–Kier alpha value is -4.92. The zero-order chi connectivity index (χ0) is 26.7. The summed E-state index contributed by atoms with van der Waals surface area (Å²) in [6.45, 7) is 0.199. The molecule has 0 fully saturated rings. The normalized spacial score (nSPS) is 11.3. The Labute approximate surface area is 215 Å². The van der Waals surface area contributed by atoms with Crippen molar-refractivity contribution in [3.05, 3.63) is 120 Å². The average molecular weight is 515 g/mol. The molecule has 6 nitrogen and oxygen atoms in total. The molecule has 5 rings (SSSR count). The molecule has 0 unspecified atom stereocenters. The number of benzene rings is 4. The van der Waals surface area contributed by atoms with Gasteiger partial charge in [-0.05, 0) is 59.7 Å². The number of amides is 2. The van der Waals surface area contributed by atoms with Gasteiger partial charge in [0.1, 0.15) is 5.82 Å². The number of carbonyl (C=O) groups is 2. The number of alkyl halides is 3. The number of para-hydroxylation sites is 2. The molecule has 190 valence electrons. The molecule has 0 atom stereocenters. The molecule has 3 N–H and O–H groups in total. The van der Waals surface area contributed by atoms with Crippen LogP contribution in [0, 0.1) is 0 Å². The molecule has 5 aromatic rings. The molecule has 0 aliphatic heterocycles. The van der Waals surface area contributed by atoms with Crippen LogP contribution in [0.2, 0.25) is 0 Å². The van der Waals surface area contributed by atoms with Crippen molar-refractivity contribution in [2.75, 3.05) is 5.32 Å². The van der Waals surface area contributed by atoms with E-state index in [0.717, 1.165) is 23.2 Å². The van der Waals surface area contributed by atoms with E-state index in [1.54, 1.807) is 48.5 Å². The smallest absolute Gasteiger partial charge is 0.345 e. The van der Waals surface area contributed by atoms with Gasteiger partial charge in [0.15, 0.2) is 0 Å². The van der Waals surface area contributed by atoms with Crippen molar-refractivity contribution in [2.45, 2.75) is 12.7 Å². The summed E-state index contributed by atoms with van der Waals surface area (Å²) in [5.74, 6) is -0.184. The lowest BCUT2D eigenvalue weighted by Crippen LogP contribution is -2.23. The quantitative estimate of drug-likeness (QED) is 0.244. The molecule has 0 spiro atoms. The van der Waals surface area contributed by atoms with E-state index in [9.17, 15) is 22.8 Å². The summed E-state index contributed by atoms with van der Waals surface area (Å²) in [6, 6.07) is 25.3. The number of rotatable bonds is 6. The van der Waals surface area contributed by atoms with E-state index in [0.29, 0.717) is 28.2 Å². The van der Waals surface area contributed by atoms with E-state index in [1.807, 2.05) is 24.3 Å². The summed E-state index contributed by atoms with van der Waals surface area (Å²) >= 11 is 0. The Balaban J connectivity index is 1.29. The van der Waals surface area contributed by atoms with Crippen LogP contribution in [-0.2, 0) is 12.7 Å². The molecule has 0 aliphatic carbocycles. The summed E-state index contributed by atoms with van der Waals surface area (Å²) in [5, 5.41) is 5.58. The van der Waals surface area contributed by atoms with Gasteiger partial charge in [-0.1, -0.05) is 48.5 Å². The van der Waals surface area contributed by atoms with Crippen molar-refractivity contribution in [3.63, 3.8) is 0 Å². The second-order valence-electron chi connectivity index (χ2n) is 8.54. The lowest BCUT2D eigenvalue weighted by Gasteiger charge is -2.12. The van der Waals surface area contributed by atoms with Gasteiger partial charge in [0.2, 0.25) is 0 Å². The number of aromatic amines is 1. The van der Waals surface area contributed by atoms with Crippen LogP contribution >= 0.6 is 0 Å². The third-order valence-corrected chi connectivity index (χ3v) is 5.93. The summed E-state index contributed by atoms with van der Waals surface area (Å²) in [7, 11) is 0. The van der Waals surface area contributed by atoms with Crippen molar-refractivity contribution in [1.29, 1.82) is 0 Å². The number of H-pyrrole nitrogens is 1. The zero-order valence-electron chi connectivity index (χ0n) is 19.8. The molecule has 0 bridgehead atoms. The van der Waals surface area contributed by atoms with Crippen molar-refractivity contribution in [3.8, 4) is 11.1 Å². The second kappa shape index (κ2) is 10.2. The fourth-order valence-electron chi connectivity index (χ4n) is 4.06. The predicted molar refractivity (Wildman–Crippen MR) is 139 cm³/mol. The molecule has 0 radical (unpaired) electrons. The number of fused-ring (bicyclic) bond motifs is 1. The summed E-state index contributed by atoms with van der Waals surface area (Å²) < 4.78 is 38.8. The van der Waals surface area contributed by atoms with E-state index in [1.165, 1.54) is 12.1 Å². The Morgan fingerprint density at radius 3 is 2.32 bits per heavy atom. The molecule has 0 saturated heterocycles. The van der Waals surface area contributed by atoms with Crippen LogP contribution in [0.4, 0.5) is 18.9 Å². The Bertz CT molecular complexity index is 1590. The van der Waals surface area contributed by atoms with Crippen LogP contribution in [0.5, 0.6) is 0 Å². The van der Waals surface area contributed by atoms with Crippen LogP contribution in [-0.4, -0.2) is 21.8 Å². The molecular weight excluding hydrogens is 493 g/mol. The monoisotopic (exact) mass is 514 g/mol. The van der Waals surface area contributed by atoms with Crippen molar-refractivity contribution in [2.24, 2.45) is 0 Å². The van der Waals surface area contributed by atoms with Gasteiger partial charge in [-0.2, -0.15) is 13.2 Å². The first-order valence-electron chi connectivity index (χ1n) is 11.7. The van der Waals surface area contributed by atoms with Crippen molar-refractivity contribution >= 4 is 28.5 Å². The summed E-state index contributed by atoms with van der Waals surface area (Å²) in [6.07, 6.45) is -4.45. The molecule has 1 aromatic heterocycles. The van der Waals surface area contributed by atoms with E-state index >= 15 is 0 Å². The standard InChI is InChI=1S/C29H21F3N4O2/c30-29(31,32)20-14-12-18(13-15-20)22-8-1-2-9-23(22)28(38)34-21-7-5-6-19(16-21)27(37)33-17-26-35-24-10-3-4-11-25(24)36-26/h1-16H,17H2,(H,33,37)(H,34,38)(H,35,36). The second-order valence-corrected chi connectivity index (χ2v) is 8.54. The number of imidazole rings is 1. The van der Waals surface area contributed by atoms with Gasteiger partial charge >= 0.3 is 6.18 Å². The maximum absolute atomic E-state index is 13.1. The van der Waals surface area contributed by atoms with Gasteiger partial charge in [-0.25, -0.2) is 4.98 Å². The van der Waals surface area contributed by atoms with E-state index in [2.05, 4.69) is 20.6 Å². The van der Waals surface area contributed by atoms with Crippen LogP contribution in [0.25, 0.3) is 22.2 Å². The molecule has 38 heavy (non-hydrogen) atoms. The molecule has 2 amide bonds. The van der Waals surface area contributed by atoms with Crippen molar-refractivity contribution < 1.29 is 22.8 Å². The Kier molecular flexibility index (Phi) is 6.66. The Morgan fingerprint density at radius 2 is 1.55 bits per heavy atom. The van der Waals surface area contributed by atoms with Crippen LogP contribution in [0.3, 0.4) is 0 Å². The SMILES string of the molecule is O=C(NCc1nc2ccccc2[nH]1)c1cccc(NC(=O)c2ccccc2-c2ccc(C(F)(F)F)cc2)c1. The van der Waals surface area contributed by atoms with Crippen LogP contribution in [0.15, 0.2) is 97.1 Å². The third-order valence-electron chi connectivity index (χ3n) is 5.93. The maximum Gasteiger partial charge on any atom is 0.416 e. The fourth-order valence-corrected chi connectivity index (χ4v) is 4.06. The zero-order valence-corrected chi connectivity index (χ0v) is 19.8. The van der Waals surface area contributed by atoms with Gasteiger partial charge < -0.3 is 15.6 Å². The van der Waals surface area contributed by atoms with Crippen LogP contribution < -0.4 is 10.6 Å². The number of halogens is 3. The first kappa shape index (κ1) is 24.8. The van der Waals surface area contributed by atoms with Gasteiger partial charge in [0, 0.05) is 16.8 Å². The highest BCUT2D eigenvalue weighted by molar-refractivity contribution is 6.09. The fraction of sp³-hybridized carbons (Fsp3) is 0.0690. The first-order valence-corrected chi connectivity index (χ1v) is 11.7. The van der Waals surface area contributed by atoms with Crippen LogP contribution in [0.1, 0.15) is 32.1 Å². The van der Waals surface area contributed by atoms with E-state index in [4.69, 9.17) is 0 Å². The molecular formula is C29H21F3N4O2. The minimum atomic E-state index is -4.45. The highest BCUT2D eigenvalue weighted by Gasteiger charge is 2.30. The Morgan fingerprint density at radius 1 is 0.816 bits per heavy atom. The number of aromatic nitrogens is 2. The number of carbonyl (C=O) groups excluding carboxylic acids is 2. The minimum absolute atomic E-state index is 0.199. The number of nitrogens with one attached hydrogen (secondary N) is 3. The van der Waals surface area contributed by atoms with Gasteiger partial charge in [0.05, 0.1) is 23.1 Å². The van der Waals surface area contributed by atoms with E-state index in [-0.39, 0.29) is 18.0 Å². The number of hydrogen-bond acceptors (Lipinski definition) is 3. The maximum atomic E-state index is 13.1. The summed E-state index contributed by atoms with van der Waals surface area (Å²) in [5.41, 5.74) is 2.89. The van der Waals surface area contributed by atoms with Gasteiger partial charge in [-0.3, -0.25) is 9.59 Å². The van der Waals surface area contributed by atoms with Gasteiger partial charge in [0.25, 0.3) is 11.8 Å². The summed E-state index contributed by atoms with van der Waals surface area (Å²) in [4.78, 5) is 33.4. The number of hydrogen-bond donors (Lipinski definition) is 3. The topological polar surface area (TPSA) is 86.9 Å². The third kappa shape index (κ3) is 5.41. The lowest BCUT2D eigenvalue weighted by atomic mass is 9.98. The largest absolute Gasteiger partial charge is 0.416 e.